The molecule has 32 heavy (non-hydrogen) atoms. The van der Waals surface area contributed by atoms with Gasteiger partial charge in [-0.25, -0.2) is 4.68 Å². The first-order chi connectivity index (χ1) is 15.7. The van der Waals surface area contributed by atoms with Crippen molar-refractivity contribution in [1.29, 1.82) is 0 Å². The van der Waals surface area contributed by atoms with Crippen LogP contribution in [0.5, 0.6) is 5.75 Å². The molecule has 0 saturated carbocycles. The Hall–Kier alpha value is -2.83. The molecule has 0 bridgehead atoms. The van der Waals surface area contributed by atoms with Crippen molar-refractivity contribution in [3.63, 3.8) is 0 Å². The Balaban J connectivity index is 1.08. The molecule has 3 heterocycles. The van der Waals surface area contributed by atoms with Crippen LogP contribution < -0.4 is 10.1 Å². The second kappa shape index (κ2) is 9.35. The van der Waals surface area contributed by atoms with Crippen LogP contribution in [0.15, 0.2) is 48.7 Å². The number of rotatable bonds is 7. The second-order valence-electron chi connectivity index (χ2n) is 8.46. The van der Waals surface area contributed by atoms with Crippen molar-refractivity contribution >= 4 is 23.2 Å². The highest BCUT2D eigenvalue weighted by molar-refractivity contribution is 6.30. The molecule has 0 radical (unpaired) electrons. The highest BCUT2D eigenvalue weighted by atomic mass is 35.5. The van der Waals surface area contributed by atoms with Crippen LogP contribution >= 0.6 is 11.6 Å². The van der Waals surface area contributed by atoms with Crippen molar-refractivity contribution in [2.45, 2.75) is 38.6 Å². The topological polar surface area (TPSA) is 59.4 Å². The zero-order chi connectivity index (χ0) is 21.9. The number of amides is 1. The van der Waals surface area contributed by atoms with Gasteiger partial charge in [0.2, 0.25) is 5.91 Å². The van der Waals surface area contributed by atoms with Gasteiger partial charge in [-0.3, -0.25) is 9.69 Å². The summed E-state index contributed by atoms with van der Waals surface area (Å²) in [6.45, 7) is 3.69. The minimum Gasteiger partial charge on any atom is -0.494 e. The van der Waals surface area contributed by atoms with Crippen molar-refractivity contribution < 1.29 is 9.53 Å². The summed E-state index contributed by atoms with van der Waals surface area (Å²) in [5.41, 5.74) is 5.67. The zero-order valence-electron chi connectivity index (χ0n) is 18.0. The second-order valence-corrected chi connectivity index (χ2v) is 8.89. The molecule has 2 aliphatic heterocycles. The summed E-state index contributed by atoms with van der Waals surface area (Å²) >= 11 is 6.15. The van der Waals surface area contributed by atoms with Gasteiger partial charge in [0.15, 0.2) is 0 Å². The van der Waals surface area contributed by atoms with Gasteiger partial charge in [-0.05, 0) is 55.6 Å². The van der Waals surface area contributed by atoms with E-state index in [0.717, 1.165) is 67.5 Å². The molecule has 5 rings (SSSR count). The molecule has 0 atom stereocenters. The molecule has 2 aromatic carbocycles. The van der Waals surface area contributed by atoms with E-state index in [1.165, 1.54) is 16.8 Å². The summed E-state index contributed by atoms with van der Waals surface area (Å²) in [4.78, 5) is 14.1. The first-order valence-electron chi connectivity index (χ1n) is 11.3. The minimum absolute atomic E-state index is 0.0810. The lowest BCUT2D eigenvalue weighted by Gasteiger charge is -2.27. The number of aryl methyl sites for hydroxylation is 1. The van der Waals surface area contributed by atoms with E-state index in [4.69, 9.17) is 16.3 Å². The fourth-order valence-corrected chi connectivity index (χ4v) is 4.66. The van der Waals surface area contributed by atoms with Gasteiger partial charge in [-0.15, -0.1) is 0 Å². The van der Waals surface area contributed by atoms with Gasteiger partial charge in [0.05, 0.1) is 18.5 Å². The van der Waals surface area contributed by atoms with Gasteiger partial charge in [-0.2, -0.15) is 5.10 Å². The van der Waals surface area contributed by atoms with Crippen molar-refractivity contribution in [1.82, 2.24) is 14.7 Å². The normalized spacial score (nSPS) is 15.7. The van der Waals surface area contributed by atoms with E-state index in [9.17, 15) is 4.79 Å². The number of benzene rings is 2. The number of carbonyl (C=O) groups excluding carboxylic acids is 1. The molecular formula is C25H27ClN4O2. The van der Waals surface area contributed by atoms with E-state index in [1.54, 1.807) is 0 Å². The minimum atomic E-state index is 0.0810. The number of hydrogen-bond acceptors (Lipinski definition) is 4. The summed E-state index contributed by atoms with van der Waals surface area (Å²) in [6, 6.07) is 13.8. The van der Waals surface area contributed by atoms with E-state index in [2.05, 4.69) is 21.4 Å². The Morgan fingerprint density at radius 1 is 1.06 bits per heavy atom. The van der Waals surface area contributed by atoms with Crippen LogP contribution in [0, 0.1) is 0 Å². The molecule has 166 valence electrons. The SMILES string of the molecule is O=C1CCc2ccc(OCCCCN3CCc4c(cnn4-c4cccc(Cl)c4)C3)cc2N1. The third-order valence-electron chi connectivity index (χ3n) is 6.18. The number of carbonyl (C=O) groups is 1. The molecule has 1 N–H and O–H groups in total. The van der Waals surface area contributed by atoms with Crippen LogP contribution in [0.1, 0.15) is 36.1 Å². The van der Waals surface area contributed by atoms with Crippen LogP contribution in [-0.2, 0) is 24.2 Å². The van der Waals surface area contributed by atoms with E-state index in [1.807, 2.05) is 47.3 Å². The average molecular weight is 451 g/mol. The fraction of sp³-hybridized carbons (Fsp3) is 0.360. The average Bonchev–Trinajstić information content (AvgIpc) is 3.22. The summed E-state index contributed by atoms with van der Waals surface area (Å²) in [5.74, 6) is 0.902. The summed E-state index contributed by atoms with van der Waals surface area (Å²) in [7, 11) is 0. The zero-order valence-corrected chi connectivity index (χ0v) is 18.8. The largest absolute Gasteiger partial charge is 0.494 e. The summed E-state index contributed by atoms with van der Waals surface area (Å²) in [5, 5.41) is 8.26. The highest BCUT2D eigenvalue weighted by Crippen LogP contribution is 2.27. The first kappa shape index (κ1) is 21.0. The number of aromatic nitrogens is 2. The Morgan fingerprint density at radius 3 is 2.91 bits per heavy atom. The third-order valence-corrected chi connectivity index (χ3v) is 6.42. The van der Waals surface area contributed by atoms with Gasteiger partial charge in [-0.1, -0.05) is 23.7 Å². The van der Waals surface area contributed by atoms with Crippen LogP contribution in [0.4, 0.5) is 5.69 Å². The van der Waals surface area contributed by atoms with Crippen molar-refractivity contribution in [2.75, 3.05) is 25.0 Å². The molecule has 0 unspecified atom stereocenters. The van der Waals surface area contributed by atoms with Crippen molar-refractivity contribution in [3.05, 3.63) is 70.5 Å². The summed E-state index contributed by atoms with van der Waals surface area (Å²) < 4.78 is 7.94. The van der Waals surface area contributed by atoms with E-state index >= 15 is 0 Å². The molecule has 0 saturated heterocycles. The molecular weight excluding hydrogens is 424 g/mol. The number of nitrogens with zero attached hydrogens (tertiary/aromatic N) is 3. The fourth-order valence-electron chi connectivity index (χ4n) is 4.48. The molecule has 2 aliphatic rings. The Bertz CT molecular complexity index is 1130. The molecule has 1 aromatic heterocycles. The number of hydrogen-bond donors (Lipinski definition) is 1. The predicted molar refractivity (Wildman–Crippen MR) is 126 cm³/mol. The Kier molecular flexibility index (Phi) is 6.14. The molecule has 1 amide bonds. The third kappa shape index (κ3) is 4.66. The highest BCUT2D eigenvalue weighted by Gasteiger charge is 2.21. The Morgan fingerprint density at radius 2 is 2.00 bits per heavy atom. The molecule has 6 nitrogen and oxygen atoms in total. The lowest BCUT2D eigenvalue weighted by atomic mass is 10.0. The lowest BCUT2D eigenvalue weighted by molar-refractivity contribution is -0.116. The Labute approximate surface area is 193 Å². The number of unbranched alkanes of at least 4 members (excludes halogenated alkanes) is 1. The van der Waals surface area contributed by atoms with Gasteiger partial charge in [0.25, 0.3) is 0 Å². The van der Waals surface area contributed by atoms with E-state index < -0.39 is 0 Å². The molecule has 0 aliphatic carbocycles. The number of fused-ring (bicyclic) bond motifs is 2. The first-order valence-corrected chi connectivity index (χ1v) is 11.6. The monoisotopic (exact) mass is 450 g/mol. The maximum atomic E-state index is 11.6. The van der Waals surface area contributed by atoms with Crippen molar-refractivity contribution in [3.8, 4) is 11.4 Å². The van der Waals surface area contributed by atoms with Crippen LogP contribution in [0.25, 0.3) is 5.69 Å². The van der Waals surface area contributed by atoms with Crippen LogP contribution in [0.2, 0.25) is 5.02 Å². The van der Waals surface area contributed by atoms with E-state index in [0.29, 0.717) is 13.0 Å². The predicted octanol–water partition coefficient (Wildman–Crippen LogP) is 4.63. The quantitative estimate of drug-likeness (QED) is 0.533. The van der Waals surface area contributed by atoms with Gasteiger partial charge in [0.1, 0.15) is 5.75 Å². The molecule has 7 heteroatoms. The maximum absolute atomic E-state index is 11.6. The van der Waals surface area contributed by atoms with Gasteiger partial charge >= 0.3 is 0 Å². The van der Waals surface area contributed by atoms with Crippen LogP contribution in [0.3, 0.4) is 0 Å². The van der Waals surface area contributed by atoms with Gasteiger partial charge < -0.3 is 10.1 Å². The molecule has 3 aromatic rings. The molecule has 0 fully saturated rings. The summed E-state index contributed by atoms with van der Waals surface area (Å²) in [6.07, 6.45) is 6.41. The standard InChI is InChI=1S/C25H27ClN4O2/c26-20-4-3-5-21(14-20)30-24-10-12-29(17-19(24)16-27-30)11-1-2-13-32-22-8-6-18-7-9-25(31)28-23(18)15-22/h3-6,8,14-16H,1-2,7,9-13,17H2,(H,28,31). The van der Waals surface area contributed by atoms with Gasteiger partial charge in [0, 0.05) is 54.0 Å². The maximum Gasteiger partial charge on any atom is 0.224 e. The number of halogens is 1. The lowest BCUT2D eigenvalue weighted by Crippen LogP contribution is -2.32. The van der Waals surface area contributed by atoms with E-state index in [-0.39, 0.29) is 5.91 Å². The smallest absolute Gasteiger partial charge is 0.224 e. The molecule has 0 spiro atoms. The van der Waals surface area contributed by atoms with Crippen LogP contribution in [-0.4, -0.2) is 40.3 Å². The number of nitrogens with one attached hydrogen (secondary N) is 1. The number of ether oxygens (including phenoxy) is 1. The van der Waals surface area contributed by atoms with Crippen molar-refractivity contribution in [2.24, 2.45) is 0 Å². The number of anilines is 1.